The molecular formula is C32H40N2O4. The standard InChI is InChI=1S/C32H40N2O4/c1-24-16-18-27(19-17-24)38-20-10-15-30(35)34(23-26-13-9-14-28(21-26)37-5)29(31(36)33-32(2,3)4)22-25-11-7-6-8-12-25/h6-9,11-14,16-19,21,29H,10,15,20,22-23H2,1-5H3,(H,33,36). The molecule has 1 unspecified atom stereocenters. The summed E-state index contributed by atoms with van der Waals surface area (Å²) in [5.41, 5.74) is 2.63. The predicted octanol–water partition coefficient (Wildman–Crippen LogP) is 5.72. The van der Waals surface area contributed by atoms with E-state index in [0.29, 0.717) is 31.7 Å². The topological polar surface area (TPSA) is 67.9 Å². The molecule has 1 N–H and O–H groups in total. The van der Waals surface area contributed by atoms with Crippen LogP contribution in [0.4, 0.5) is 0 Å². The molecule has 0 spiro atoms. The van der Waals surface area contributed by atoms with E-state index in [1.165, 1.54) is 5.56 Å². The van der Waals surface area contributed by atoms with Crippen molar-refractivity contribution >= 4 is 11.8 Å². The Morgan fingerprint density at radius 3 is 2.24 bits per heavy atom. The minimum absolute atomic E-state index is 0.0923. The zero-order valence-corrected chi connectivity index (χ0v) is 23.2. The van der Waals surface area contributed by atoms with E-state index in [9.17, 15) is 9.59 Å². The van der Waals surface area contributed by atoms with Crippen molar-refractivity contribution in [1.82, 2.24) is 10.2 Å². The maximum atomic E-state index is 13.7. The van der Waals surface area contributed by atoms with Gasteiger partial charge in [0.25, 0.3) is 0 Å². The fourth-order valence-corrected chi connectivity index (χ4v) is 4.17. The number of rotatable bonds is 12. The Morgan fingerprint density at radius 2 is 1.58 bits per heavy atom. The highest BCUT2D eigenvalue weighted by Crippen LogP contribution is 2.20. The Labute approximate surface area is 227 Å². The highest BCUT2D eigenvalue weighted by Gasteiger charge is 2.32. The molecule has 0 aliphatic heterocycles. The summed E-state index contributed by atoms with van der Waals surface area (Å²) >= 11 is 0. The molecular weight excluding hydrogens is 476 g/mol. The summed E-state index contributed by atoms with van der Waals surface area (Å²) in [6.45, 7) is 8.58. The van der Waals surface area contributed by atoms with Gasteiger partial charge in [0, 0.05) is 24.9 Å². The summed E-state index contributed by atoms with van der Waals surface area (Å²) in [5, 5.41) is 3.09. The first-order valence-corrected chi connectivity index (χ1v) is 13.1. The van der Waals surface area contributed by atoms with Crippen LogP contribution in [0.25, 0.3) is 0 Å². The van der Waals surface area contributed by atoms with Gasteiger partial charge in [0.2, 0.25) is 11.8 Å². The number of carbonyl (C=O) groups excluding carboxylic acids is 2. The van der Waals surface area contributed by atoms with Crippen LogP contribution in [0.1, 0.15) is 50.3 Å². The van der Waals surface area contributed by atoms with Crippen molar-refractivity contribution in [3.05, 3.63) is 95.6 Å². The maximum absolute atomic E-state index is 13.7. The quantitative estimate of drug-likeness (QED) is 0.313. The molecule has 0 heterocycles. The van der Waals surface area contributed by atoms with Gasteiger partial charge in [0.05, 0.1) is 13.7 Å². The summed E-state index contributed by atoms with van der Waals surface area (Å²) < 4.78 is 11.2. The second kappa shape index (κ2) is 13.7. The van der Waals surface area contributed by atoms with Crippen LogP contribution >= 0.6 is 0 Å². The van der Waals surface area contributed by atoms with E-state index in [-0.39, 0.29) is 18.2 Å². The zero-order valence-electron chi connectivity index (χ0n) is 23.2. The van der Waals surface area contributed by atoms with Crippen molar-refractivity contribution in [1.29, 1.82) is 0 Å². The van der Waals surface area contributed by atoms with Crippen LogP contribution in [0.2, 0.25) is 0 Å². The van der Waals surface area contributed by atoms with Gasteiger partial charge in [-0.15, -0.1) is 0 Å². The molecule has 6 nitrogen and oxygen atoms in total. The first kappa shape index (κ1) is 28.8. The van der Waals surface area contributed by atoms with Gasteiger partial charge in [0.1, 0.15) is 17.5 Å². The average molecular weight is 517 g/mol. The number of hydrogen-bond donors (Lipinski definition) is 1. The van der Waals surface area contributed by atoms with Gasteiger partial charge in [-0.25, -0.2) is 0 Å². The van der Waals surface area contributed by atoms with Gasteiger partial charge < -0.3 is 19.7 Å². The maximum Gasteiger partial charge on any atom is 0.243 e. The molecule has 2 amide bonds. The van der Waals surface area contributed by atoms with Crippen LogP contribution in [-0.2, 0) is 22.6 Å². The Bertz CT molecular complexity index is 1170. The van der Waals surface area contributed by atoms with Crippen molar-refractivity contribution in [2.45, 2.75) is 65.1 Å². The number of carbonyl (C=O) groups is 2. The normalized spacial score (nSPS) is 11.9. The third-order valence-electron chi connectivity index (χ3n) is 6.08. The smallest absolute Gasteiger partial charge is 0.243 e. The van der Waals surface area contributed by atoms with Crippen LogP contribution in [-0.4, -0.2) is 42.0 Å². The number of aryl methyl sites for hydroxylation is 1. The summed E-state index contributed by atoms with van der Waals surface area (Å²) in [6.07, 6.45) is 1.22. The molecule has 6 heteroatoms. The third-order valence-corrected chi connectivity index (χ3v) is 6.08. The van der Waals surface area contributed by atoms with Crippen molar-refractivity contribution in [3.8, 4) is 11.5 Å². The summed E-state index contributed by atoms with van der Waals surface area (Å²) in [4.78, 5) is 29.0. The molecule has 3 aromatic rings. The molecule has 0 saturated carbocycles. The number of methoxy groups -OCH3 is 1. The van der Waals surface area contributed by atoms with E-state index in [1.54, 1.807) is 12.0 Å². The lowest BCUT2D eigenvalue weighted by Crippen LogP contribution is -2.54. The molecule has 0 aliphatic rings. The third kappa shape index (κ3) is 9.25. The molecule has 38 heavy (non-hydrogen) atoms. The van der Waals surface area contributed by atoms with E-state index < -0.39 is 11.6 Å². The number of amides is 2. The first-order chi connectivity index (χ1) is 18.1. The highest BCUT2D eigenvalue weighted by atomic mass is 16.5. The van der Waals surface area contributed by atoms with Crippen LogP contribution in [0.15, 0.2) is 78.9 Å². The fourth-order valence-electron chi connectivity index (χ4n) is 4.17. The van der Waals surface area contributed by atoms with Crippen LogP contribution < -0.4 is 14.8 Å². The van der Waals surface area contributed by atoms with E-state index >= 15 is 0 Å². The minimum atomic E-state index is -0.673. The van der Waals surface area contributed by atoms with Crippen molar-refractivity contribution in [3.63, 3.8) is 0 Å². The molecule has 0 fully saturated rings. The van der Waals surface area contributed by atoms with E-state index in [4.69, 9.17) is 9.47 Å². The molecule has 0 radical (unpaired) electrons. The number of hydrogen-bond acceptors (Lipinski definition) is 4. The van der Waals surface area contributed by atoms with Gasteiger partial charge in [0.15, 0.2) is 0 Å². The summed E-state index contributed by atoms with van der Waals surface area (Å²) in [5.74, 6) is 1.22. The monoisotopic (exact) mass is 516 g/mol. The van der Waals surface area contributed by atoms with Crippen molar-refractivity contribution < 1.29 is 19.1 Å². The number of nitrogens with one attached hydrogen (secondary N) is 1. The van der Waals surface area contributed by atoms with Crippen molar-refractivity contribution in [2.24, 2.45) is 0 Å². The zero-order chi connectivity index (χ0) is 27.5. The number of benzene rings is 3. The lowest BCUT2D eigenvalue weighted by Gasteiger charge is -2.34. The average Bonchev–Trinajstić information content (AvgIpc) is 2.89. The van der Waals surface area contributed by atoms with Gasteiger partial charge >= 0.3 is 0 Å². The lowest BCUT2D eigenvalue weighted by atomic mass is 10.00. The van der Waals surface area contributed by atoms with Crippen molar-refractivity contribution in [2.75, 3.05) is 13.7 Å². The largest absolute Gasteiger partial charge is 0.497 e. The SMILES string of the molecule is COc1cccc(CN(C(=O)CCCOc2ccc(C)cc2)C(Cc2ccccc2)C(=O)NC(C)(C)C)c1. The molecule has 0 aromatic heterocycles. The number of nitrogens with zero attached hydrogens (tertiary/aromatic N) is 1. The summed E-state index contributed by atoms with van der Waals surface area (Å²) in [6, 6.07) is 24.6. The van der Waals surface area contributed by atoms with Crippen LogP contribution in [0, 0.1) is 6.92 Å². The summed E-state index contributed by atoms with van der Waals surface area (Å²) in [7, 11) is 1.62. The van der Waals surface area contributed by atoms with Crippen LogP contribution in [0.5, 0.6) is 11.5 Å². The molecule has 3 rings (SSSR count). The lowest BCUT2D eigenvalue weighted by molar-refractivity contribution is -0.142. The Kier molecular flexibility index (Phi) is 10.3. The highest BCUT2D eigenvalue weighted by molar-refractivity contribution is 5.88. The van der Waals surface area contributed by atoms with Gasteiger partial charge in [-0.2, -0.15) is 0 Å². The minimum Gasteiger partial charge on any atom is -0.497 e. The van der Waals surface area contributed by atoms with Gasteiger partial charge in [-0.3, -0.25) is 9.59 Å². The molecule has 0 aliphatic carbocycles. The Balaban J connectivity index is 1.82. The van der Waals surface area contributed by atoms with E-state index in [0.717, 1.165) is 16.9 Å². The van der Waals surface area contributed by atoms with Gasteiger partial charge in [-0.1, -0.05) is 60.2 Å². The molecule has 3 aromatic carbocycles. The second-order valence-corrected chi connectivity index (χ2v) is 10.6. The van der Waals surface area contributed by atoms with E-state index in [1.807, 2.05) is 107 Å². The Morgan fingerprint density at radius 1 is 0.895 bits per heavy atom. The van der Waals surface area contributed by atoms with Crippen LogP contribution in [0.3, 0.4) is 0 Å². The predicted molar refractivity (Wildman–Crippen MR) is 151 cm³/mol. The first-order valence-electron chi connectivity index (χ1n) is 13.1. The molecule has 202 valence electrons. The van der Waals surface area contributed by atoms with Gasteiger partial charge in [-0.05, 0) is 69.5 Å². The fraction of sp³-hybridized carbons (Fsp3) is 0.375. The van der Waals surface area contributed by atoms with E-state index in [2.05, 4.69) is 5.32 Å². The second-order valence-electron chi connectivity index (χ2n) is 10.6. The Hall–Kier alpha value is -3.80. The molecule has 1 atom stereocenters. The molecule has 0 saturated heterocycles. The number of ether oxygens (including phenoxy) is 2. The molecule has 0 bridgehead atoms.